The molecule has 2 fully saturated rings. The molecule has 7 nitrogen and oxygen atoms in total. The summed E-state index contributed by atoms with van der Waals surface area (Å²) in [6.45, 7) is 8.15. The maximum atomic E-state index is 13.0. The van der Waals surface area contributed by atoms with E-state index in [1.807, 2.05) is 24.9 Å². The number of hydrogen-bond donors (Lipinski definition) is 1. The number of likely N-dealkylation sites (N-methyl/N-ethyl adjacent to an activating group) is 1. The maximum absolute atomic E-state index is 13.0. The minimum absolute atomic E-state index is 0.0823. The molecule has 7 heteroatoms. The summed E-state index contributed by atoms with van der Waals surface area (Å²) in [5, 5.41) is 13.6. The van der Waals surface area contributed by atoms with Gasteiger partial charge >= 0.3 is 0 Å². The van der Waals surface area contributed by atoms with Gasteiger partial charge in [0, 0.05) is 59.0 Å². The fourth-order valence-corrected chi connectivity index (χ4v) is 4.45. The van der Waals surface area contributed by atoms with Crippen LogP contribution in [0.4, 0.5) is 0 Å². The molecule has 0 aromatic carbocycles. The molecule has 2 aliphatic heterocycles. The number of likely N-dealkylation sites (tertiary alicyclic amines) is 1. The molecule has 3 rings (SSSR count). The number of amides is 1. The Balaban J connectivity index is 1.69. The lowest BCUT2D eigenvalue weighted by Crippen LogP contribution is -2.57. The number of hydrogen-bond acceptors (Lipinski definition) is 5. The molecule has 3 heterocycles. The van der Waals surface area contributed by atoms with Crippen molar-refractivity contribution in [3.63, 3.8) is 0 Å². The molecule has 146 valence electrons. The van der Waals surface area contributed by atoms with Crippen molar-refractivity contribution in [2.24, 2.45) is 13.0 Å². The van der Waals surface area contributed by atoms with Crippen molar-refractivity contribution in [1.82, 2.24) is 24.5 Å². The first-order valence-corrected chi connectivity index (χ1v) is 9.83. The molecular weight excluding hydrogens is 330 g/mol. The Morgan fingerprint density at radius 3 is 2.58 bits per heavy atom. The average Bonchev–Trinajstić information content (AvgIpc) is 2.98. The molecule has 1 N–H and O–H groups in total. The zero-order valence-corrected chi connectivity index (χ0v) is 16.4. The molecule has 2 aliphatic rings. The molecule has 2 saturated heterocycles. The summed E-state index contributed by atoms with van der Waals surface area (Å²) in [5.41, 5.74) is 1.54. The summed E-state index contributed by atoms with van der Waals surface area (Å²) < 4.78 is 1.69. The van der Waals surface area contributed by atoms with Crippen LogP contribution < -0.4 is 0 Å². The summed E-state index contributed by atoms with van der Waals surface area (Å²) in [6.07, 6.45) is 2.80. The molecule has 0 bridgehead atoms. The first kappa shape index (κ1) is 19.3. The zero-order valence-electron chi connectivity index (χ0n) is 16.4. The Bertz CT molecular complexity index is 609. The van der Waals surface area contributed by atoms with Crippen LogP contribution in [0.5, 0.6) is 0 Å². The highest BCUT2D eigenvalue weighted by Crippen LogP contribution is 2.28. The van der Waals surface area contributed by atoms with E-state index in [1.165, 1.54) is 0 Å². The fourth-order valence-electron chi connectivity index (χ4n) is 4.45. The first-order chi connectivity index (χ1) is 12.5. The van der Waals surface area contributed by atoms with E-state index >= 15 is 0 Å². The molecule has 0 radical (unpaired) electrons. The Labute approximate surface area is 156 Å². The molecule has 0 aliphatic carbocycles. The van der Waals surface area contributed by atoms with Crippen LogP contribution in [0.2, 0.25) is 0 Å². The third-order valence-electron chi connectivity index (χ3n) is 5.94. The summed E-state index contributed by atoms with van der Waals surface area (Å²) in [5.74, 6) is 0.511. The number of aliphatic hydroxyl groups excluding tert-OH is 1. The van der Waals surface area contributed by atoms with E-state index in [2.05, 4.69) is 21.9 Å². The van der Waals surface area contributed by atoms with Crippen LogP contribution in [0.1, 0.15) is 35.4 Å². The Morgan fingerprint density at radius 1 is 1.23 bits per heavy atom. The summed E-state index contributed by atoms with van der Waals surface area (Å²) in [7, 11) is 4.01. The summed E-state index contributed by atoms with van der Waals surface area (Å²) >= 11 is 0. The quantitative estimate of drug-likeness (QED) is 0.829. The van der Waals surface area contributed by atoms with E-state index in [-0.39, 0.29) is 12.5 Å². The van der Waals surface area contributed by atoms with Crippen molar-refractivity contribution in [1.29, 1.82) is 0 Å². The van der Waals surface area contributed by atoms with Gasteiger partial charge in [0.15, 0.2) is 0 Å². The van der Waals surface area contributed by atoms with E-state index in [1.54, 1.807) is 4.68 Å². The second-order valence-electron chi connectivity index (χ2n) is 7.87. The van der Waals surface area contributed by atoms with Gasteiger partial charge in [-0.05, 0) is 45.2 Å². The van der Waals surface area contributed by atoms with Crippen molar-refractivity contribution in [2.45, 2.75) is 32.2 Å². The highest BCUT2D eigenvalue weighted by molar-refractivity contribution is 5.92. The third-order valence-corrected chi connectivity index (χ3v) is 5.94. The predicted molar refractivity (Wildman–Crippen MR) is 101 cm³/mol. The summed E-state index contributed by atoms with van der Waals surface area (Å²) in [4.78, 5) is 20.0. The molecule has 1 amide bonds. The fraction of sp³-hybridized carbons (Fsp3) is 0.789. The molecule has 0 unspecified atom stereocenters. The highest BCUT2D eigenvalue weighted by Gasteiger charge is 2.36. The Hall–Kier alpha value is -1.44. The number of piperazine rings is 1. The van der Waals surface area contributed by atoms with Crippen LogP contribution in [-0.2, 0) is 7.05 Å². The lowest BCUT2D eigenvalue weighted by Gasteiger charge is -2.46. The number of carbonyl (C=O) groups is 1. The van der Waals surface area contributed by atoms with E-state index in [4.69, 9.17) is 0 Å². The number of aliphatic hydroxyl groups is 1. The van der Waals surface area contributed by atoms with Crippen LogP contribution in [-0.4, -0.2) is 94.5 Å². The lowest BCUT2D eigenvalue weighted by molar-refractivity contribution is 0.0213. The van der Waals surface area contributed by atoms with Crippen molar-refractivity contribution >= 4 is 5.91 Å². The van der Waals surface area contributed by atoms with Crippen molar-refractivity contribution in [2.75, 3.05) is 52.9 Å². The predicted octanol–water partition coefficient (Wildman–Crippen LogP) is 0.579. The molecule has 0 saturated carbocycles. The second kappa shape index (κ2) is 8.50. The van der Waals surface area contributed by atoms with E-state index in [0.717, 1.165) is 64.2 Å². The zero-order chi connectivity index (χ0) is 18.7. The van der Waals surface area contributed by atoms with Gasteiger partial charge in [-0.1, -0.05) is 0 Å². The Morgan fingerprint density at radius 2 is 1.96 bits per heavy atom. The van der Waals surface area contributed by atoms with Crippen LogP contribution in [0, 0.1) is 12.8 Å². The van der Waals surface area contributed by atoms with Gasteiger partial charge in [0.2, 0.25) is 0 Å². The van der Waals surface area contributed by atoms with Gasteiger partial charge in [-0.25, -0.2) is 0 Å². The number of rotatable bonds is 5. The van der Waals surface area contributed by atoms with Gasteiger partial charge in [-0.15, -0.1) is 0 Å². The first-order valence-electron chi connectivity index (χ1n) is 9.83. The number of nitrogens with zero attached hydrogens (tertiary/aromatic N) is 5. The number of carbonyl (C=O) groups excluding carboxylic acids is 1. The highest BCUT2D eigenvalue weighted by atomic mass is 16.3. The number of aryl methyl sites for hydroxylation is 2. The SMILES string of the molecule is Cc1cc(C(=O)N2CC[C@H](N3CCN(C)CC3)[C@H](CCCO)C2)n(C)n1. The number of aromatic nitrogens is 2. The molecule has 2 atom stereocenters. The van der Waals surface area contributed by atoms with Gasteiger partial charge in [-0.3, -0.25) is 14.4 Å². The normalized spacial score (nSPS) is 25.6. The van der Waals surface area contributed by atoms with Crippen LogP contribution in [0.25, 0.3) is 0 Å². The van der Waals surface area contributed by atoms with Crippen LogP contribution in [0.3, 0.4) is 0 Å². The largest absolute Gasteiger partial charge is 0.396 e. The smallest absolute Gasteiger partial charge is 0.272 e. The van der Waals surface area contributed by atoms with Gasteiger partial charge in [0.25, 0.3) is 5.91 Å². The summed E-state index contributed by atoms with van der Waals surface area (Å²) in [6, 6.07) is 2.39. The standard InChI is InChI=1S/C19H33N5O2/c1-15-13-18(22(3)20-15)19(26)24-7-6-17(16(14-24)5-4-12-25)23-10-8-21(2)9-11-23/h13,16-17,25H,4-12,14H2,1-3H3/t16-,17+/m1/s1. The van der Waals surface area contributed by atoms with E-state index in [9.17, 15) is 9.90 Å². The van der Waals surface area contributed by atoms with E-state index < -0.39 is 0 Å². The topological polar surface area (TPSA) is 64.8 Å². The van der Waals surface area contributed by atoms with Crippen LogP contribution in [0.15, 0.2) is 6.07 Å². The van der Waals surface area contributed by atoms with Crippen molar-refractivity contribution < 1.29 is 9.90 Å². The molecule has 1 aromatic rings. The lowest BCUT2D eigenvalue weighted by atomic mass is 9.86. The monoisotopic (exact) mass is 363 g/mol. The maximum Gasteiger partial charge on any atom is 0.272 e. The third kappa shape index (κ3) is 4.27. The van der Waals surface area contributed by atoms with Crippen LogP contribution >= 0.6 is 0 Å². The molecular formula is C19H33N5O2. The molecule has 0 spiro atoms. The molecule has 26 heavy (non-hydrogen) atoms. The molecule has 1 aromatic heterocycles. The van der Waals surface area contributed by atoms with E-state index in [0.29, 0.717) is 17.7 Å². The van der Waals surface area contributed by atoms with Gasteiger partial charge < -0.3 is 14.9 Å². The second-order valence-corrected chi connectivity index (χ2v) is 7.87. The van der Waals surface area contributed by atoms with Crippen molar-refractivity contribution in [3.05, 3.63) is 17.5 Å². The minimum atomic E-state index is 0.0823. The van der Waals surface area contributed by atoms with Gasteiger partial charge in [0.1, 0.15) is 5.69 Å². The minimum Gasteiger partial charge on any atom is -0.396 e. The number of piperidine rings is 1. The van der Waals surface area contributed by atoms with Gasteiger partial charge in [-0.2, -0.15) is 5.10 Å². The van der Waals surface area contributed by atoms with Gasteiger partial charge in [0.05, 0.1) is 5.69 Å². The van der Waals surface area contributed by atoms with Crippen molar-refractivity contribution in [3.8, 4) is 0 Å². The Kier molecular flexibility index (Phi) is 6.32. The average molecular weight is 364 g/mol.